The number of anilines is 1. The van der Waals surface area contributed by atoms with Crippen LogP contribution in [0.3, 0.4) is 0 Å². The van der Waals surface area contributed by atoms with Crippen molar-refractivity contribution in [1.82, 2.24) is 5.32 Å². The van der Waals surface area contributed by atoms with Gasteiger partial charge in [-0.2, -0.15) is 0 Å². The molecule has 0 saturated heterocycles. The maximum absolute atomic E-state index is 15.4. The topological polar surface area (TPSA) is 78.9 Å². The number of esters is 1. The summed E-state index contributed by atoms with van der Waals surface area (Å²) in [5, 5.41) is 14.2. The smallest absolute Gasteiger partial charge is 0.306 e. The molecule has 0 radical (unpaired) electrons. The first kappa shape index (κ1) is 25.1. The van der Waals surface area contributed by atoms with Crippen molar-refractivity contribution in [2.24, 2.45) is 11.8 Å². The number of β-amino-alcohol motifs (C(OH)–C–C–N with tert-alkyl or cyclic N) is 1. The summed E-state index contributed by atoms with van der Waals surface area (Å²) in [6.07, 6.45) is 3.31. The molecule has 2 saturated carbocycles. The lowest BCUT2D eigenvalue weighted by atomic mass is 9.84. The Bertz CT molecular complexity index is 962. The average molecular weight is 475 g/mol. The zero-order chi connectivity index (χ0) is 25.0. The minimum absolute atomic E-state index is 0.0276. The number of carbonyl (C=O) groups excluding carboxylic acids is 2. The zero-order valence-corrected chi connectivity index (χ0v) is 21.3. The van der Waals surface area contributed by atoms with E-state index < -0.39 is 17.2 Å². The molecule has 188 valence electrons. The first-order valence-corrected chi connectivity index (χ1v) is 12.6. The third-order valence-electron chi connectivity index (χ3n) is 7.25. The predicted molar refractivity (Wildman–Crippen MR) is 129 cm³/mol. The summed E-state index contributed by atoms with van der Waals surface area (Å²) in [6, 6.07) is 3.56. The molecule has 4 rings (SSSR count). The lowest BCUT2D eigenvalue weighted by Crippen LogP contribution is -2.50. The highest BCUT2D eigenvalue weighted by Crippen LogP contribution is 2.49. The standard InChI is InChI=1S/C27H39FN2O4/c1-15(13-21(32)34-26(2,3)4)24(17-9-10-17)29-20(31)14-30-19-12-11-18(16-7-8-16)23(28)22(19)27(5,6)25(30)33/h11-12,15-17,20,24,29,31H,7-10,13-14H2,1-6H3/t15-,20?,24+/m1/s1. The molecule has 1 amide bonds. The molecule has 6 nitrogen and oxygen atoms in total. The lowest BCUT2D eigenvalue weighted by Gasteiger charge is -2.31. The molecule has 2 aliphatic carbocycles. The van der Waals surface area contributed by atoms with E-state index in [4.69, 9.17) is 4.74 Å². The fraction of sp³-hybridized carbons (Fsp3) is 0.704. The van der Waals surface area contributed by atoms with Gasteiger partial charge in [0.15, 0.2) is 0 Å². The number of aliphatic hydroxyl groups is 1. The molecule has 0 aromatic heterocycles. The van der Waals surface area contributed by atoms with Crippen LogP contribution < -0.4 is 10.2 Å². The molecule has 0 spiro atoms. The molecular formula is C27H39FN2O4. The molecule has 7 heteroatoms. The Labute approximate surface area is 202 Å². The van der Waals surface area contributed by atoms with Gasteiger partial charge >= 0.3 is 5.97 Å². The summed E-state index contributed by atoms with van der Waals surface area (Å²) < 4.78 is 20.9. The van der Waals surface area contributed by atoms with E-state index in [-0.39, 0.29) is 48.5 Å². The molecule has 1 heterocycles. The third kappa shape index (κ3) is 5.15. The van der Waals surface area contributed by atoms with Crippen molar-refractivity contribution < 1.29 is 23.8 Å². The maximum Gasteiger partial charge on any atom is 0.306 e. The molecule has 3 atom stereocenters. The fourth-order valence-corrected chi connectivity index (χ4v) is 5.29. The number of aliphatic hydroxyl groups excluding tert-OH is 1. The van der Waals surface area contributed by atoms with E-state index in [1.807, 2.05) is 33.8 Å². The predicted octanol–water partition coefficient (Wildman–Crippen LogP) is 4.38. The van der Waals surface area contributed by atoms with Crippen LogP contribution in [0.4, 0.5) is 10.1 Å². The van der Waals surface area contributed by atoms with Gasteiger partial charge in [0.1, 0.15) is 17.6 Å². The van der Waals surface area contributed by atoms with Gasteiger partial charge in [-0.15, -0.1) is 0 Å². The number of nitrogens with one attached hydrogen (secondary N) is 1. The summed E-state index contributed by atoms with van der Waals surface area (Å²) in [6.45, 7) is 11.1. The summed E-state index contributed by atoms with van der Waals surface area (Å²) >= 11 is 0. The van der Waals surface area contributed by atoms with Crippen molar-refractivity contribution in [3.8, 4) is 0 Å². The molecular weight excluding hydrogens is 435 g/mol. The van der Waals surface area contributed by atoms with Crippen LogP contribution in [0.2, 0.25) is 0 Å². The van der Waals surface area contributed by atoms with E-state index in [1.165, 1.54) is 4.90 Å². The summed E-state index contributed by atoms with van der Waals surface area (Å²) in [5.41, 5.74) is 0.159. The zero-order valence-electron chi connectivity index (χ0n) is 21.3. The maximum atomic E-state index is 15.4. The quantitative estimate of drug-likeness (QED) is 0.410. The van der Waals surface area contributed by atoms with Crippen LogP contribution >= 0.6 is 0 Å². The summed E-state index contributed by atoms with van der Waals surface area (Å²) in [7, 11) is 0. The molecule has 34 heavy (non-hydrogen) atoms. The number of amides is 1. The first-order chi connectivity index (χ1) is 15.8. The summed E-state index contributed by atoms with van der Waals surface area (Å²) in [5.74, 6) is -0.139. The van der Waals surface area contributed by atoms with Crippen molar-refractivity contribution >= 4 is 17.6 Å². The molecule has 3 aliphatic rings. The van der Waals surface area contributed by atoms with Gasteiger partial charge in [0, 0.05) is 18.0 Å². The molecule has 2 N–H and O–H groups in total. The van der Waals surface area contributed by atoms with Gasteiger partial charge in [-0.05, 0) is 89.7 Å². The van der Waals surface area contributed by atoms with Crippen LogP contribution in [0, 0.1) is 17.7 Å². The highest BCUT2D eigenvalue weighted by atomic mass is 19.1. The van der Waals surface area contributed by atoms with Crippen LogP contribution in [0.15, 0.2) is 12.1 Å². The van der Waals surface area contributed by atoms with Gasteiger partial charge in [0.05, 0.1) is 17.6 Å². The van der Waals surface area contributed by atoms with Crippen LogP contribution in [0.5, 0.6) is 0 Å². The van der Waals surface area contributed by atoms with E-state index in [0.717, 1.165) is 25.7 Å². The lowest BCUT2D eigenvalue weighted by molar-refractivity contribution is -0.156. The normalized spacial score (nSPS) is 22.4. The SMILES string of the molecule is C[C@H](CC(=O)OC(C)(C)C)[C@H](NC(O)CN1C(=O)C(C)(C)c2c1ccc(C1CC1)c2F)C1CC1. The average Bonchev–Trinajstić information content (AvgIpc) is 3.60. The Morgan fingerprint density at radius 3 is 2.47 bits per heavy atom. The van der Waals surface area contributed by atoms with Crippen molar-refractivity contribution in [2.75, 3.05) is 11.4 Å². The van der Waals surface area contributed by atoms with Gasteiger partial charge < -0.3 is 14.7 Å². The third-order valence-corrected chi connectivity index (χ3v) is 7.25. The Morgan fingerprint density at radius 1 is 1.26 bits per heavy atom. The molecule has 0 bridgehead atoms. The minimum atomic E-state index is -0.997. The van der Waals surface area contributed by atoms with Gasteiger partial charge in [-0.3, -0.25) is 14.9 Å². The number of carbonyl (C=O) groups is 2. The first-order valence-electron chi connectivity index (χ1n) is 12.6. The number of rotatable bonds is 9. The Hall–Kier alpha value is -1.99. The van der Waals surface area contributed by atoms with Gasteiger partial charge in [-0.25, -0.2) is 4.39 Å². The summed E-state index contributed by atoms with van der Waals surface area (Å²) in [4.78, 5) is 27.1. The van der Waals surface area contributed by atoms with Crippen molar-refractivity contribution in [2.45, 2.75) is 103 Å². The second-order valence-electron chi connectivity index (χ2n) is 12.0. The van der Waals surface area contributed by atoms with E-state index in [1.54, 1.807) is 19.9 Å². The number of hydrogen-bond acceptors (Lipinski definition) is 5. The van der Waals surface area contributed by atoms with E-state index in [2.05, 4.69) is 5.32 Å². The Balaban J connectivity index is 1.46. The number of benzene rings is 1. The van der Waals surface area contributed by atoms with Gasteiger partial charge in [0.2, 0.25) is 5.91 Å². The van der Waals surface area contributed by atoms with E-state index >= 15 is 4.39 Å². The van der Waals surface area contributed by atoms with Gasteiger partial charge in [-0.1, -0.05) is 13.0 Å². The van der Waals surface area contributed by atoms with Crippen LogP contribution in [0.25, 0.3) is 0 Å². The van der Waals surface area contributed by atoms with Crippen LogP contribution in [-0.2, 0) is 19.7 Å². The van der Waals surface area contributed by atoms with Crippen LogP contribution in [0.1, 0.15) is 90.7 Å². The minimum Gasteiger partial charge on any atom is -0.460 e. The van der Waals surface area contributed by atoms with Crippen molar-refractivity contribution in [3.63, 3.8) is 0 Å². The Kier molecular flexibility index (Phi) is 6.58. The number of ether oxygens (including phenoxy) is 1. The number of nitrogens with zero attached hydrogens (tertiary/aromatic N) is 1. The highest BCUT2D eigenvalue weighted by molar-refractivity contribution is 6.07. The fourth-order valence-electron chi connectivity index (χ4n) is 5.29. The molecule has 2 fully saturated rings. The second-order valence-corrected chi connectivity index (χ2v) is 12.0. The van der Waals surface area contributed by atoms with E-state index in [9.17, 15) is 14.7 Å². The number of fused-ring (bicyclic) bond motifs is 1. The molecule has 1 aromatic rings. The number of hydrogen-bond donors (Lipinski definition) is 2. The van der Waals surface area contributed by atoms with Crippen molar-refractivity contribution in [1.29, 1.82) is 0 Å². The highest BCUT2D eigenvalue weighted by Gasteiger charge is 2.48. The second kappa shape index (κ2) is 8.90. The largest absolute Gasteiger partial charge is 0.460 e. The molecule has 1 unspecified atom stereocenters. The Morgan fingerprint density at radius 2 is 1.91 bits per heavy atom. The molecule has 1 aromatic carbocycles. The van der Waals surface area contributed by atoms with Crippen molar-refractivity contribution in [3.05, 3.63) is 29.1 Å². The monoisotopic (exact) mass is 474 g/mol. The van der Waals surface area contributed by atoms with Gasteiger partial charge in [0.25, 0.3) is 0 Å². The van der Waals surface area contributed by atoms with Crippen LogP contribution in [-0.4, -0.2) is 41.4 Å². The van der Waals surface area contributed by atoms with E-state index in [0.29, 0.717) is 22.7 Å². The molecule has 1 aliphatic heterocycles. The number of halogens is 1.